The molecule has 1 fully saturated rings. The molecule has 0 saturated carbocycles. The molecule has 30 heavy (non-hydrogen) atoms. The van der Waals surface area contributed by atoms with E-state index >= 15 is 0 Å². The first kappa shape index (κ1) is 20.2. The van der Waals surface area contributed by atoms with Gasteiger partial charge in [-0.3, -0.25) is 14.4 Å². The Labute approximate surface area is 178 Å². The van der Waals surface area contributed by atoms with Crippen molar-refractivity contribution in [3.8, 4) is 0 Å². The number of anilines is 1. The summed E-state index contributed by atoms with van der Waals surface area (Å²) in [7, 11) is 0. The Morgan fingerprint density at radius 3 is 2.27 bits per heavy atom. The summed E-state index contributed by atoms with van der Waals surface area (Å²) >= 11 is 0. The average Bonchev–Trinajstić information content (AvgIpc) is 3.33. The van der Waals surface area contributed by atoms with Crippen LogP contribution in [-0.4, -0.2) is 59.4 Å². The van der Waals surface area contributed by atoms with Crippen LogP contribution in [0.2, 0.25) is 0 Å². The molecule has 0 spiro atoms. The maximum atomic E-state index is 13.1. The van der Waals surface area contributed by atoms with E-state index in [1.54, 1.807) is 10.9 Å². The predicted octanol–water partition coefficient (Wildman–Crippen LogP) is 2.80. The Morgan fingerprint density at radius 2 is 1.63 bits per heavy atom. The number of carbonyl (C=O) groups is 1. The second-order valence-corrected chi connectivity index (χ2v) is 7.75. The number of amides is 1. The fourth-order valence-corrected chi connectivity index (χ4v) is 4.03. The number of rotatable bonds is 7. The van der Waals surface area contributed by atoms with E-state index in [1.807, 2.05) is 42.6 Å². The van der Waals surface area contributed by atoms with Crippen LogP contribution >= 0.6 is 0 Å². The number of carbonyl (C=O) groups excluding carboxylic acids is 1. The first-order valence-electron chi connectivity index (χ1n) is 10.6. The lowest BCUT2D eigenvalue weighted by Gasteiger charge is -2.39. The Hall–Kier alpha value is -3.12. The van der Waals surface area contributed by atoms with Crippen LogP contribution < -0.4 is 10.2 Å². The maximum Gasteiger partial charge on any atom is 0.249 e. The van der Waals surface area contributed by atoms with Crippen molar-refractivity contribution in [2.45, 2.75) is 19.0 Å². The molecule has 0 bridgehead atoms. The van der Waals surface area contributed by atoms with E-state index in [0.29, 0.717) is 6.54 Å². The molecule has 2 aromatic carbocycles. The van der Waals surface area contributed by atoms with Gasteiger partial charge in [-0.1, -0.05) is 48.5 Å². The standard InChI is InChI=1S/C24H29N5O/c1-20(27-15-17-28(18-16-27)22-11-6-3-7-12-22)19-25-24(30)23(29-14-8-13-26-29)21-9-4-2-5-10-21/h2-14,20,23H,15-19H2,1H3,(H,25,30). The molecule has 0 aliphatic carbocycles. The zero-order chi connectivity index (χ0) is 20.8. The summed E-state index contributed by atoms with van der Waals surface area (Å²) in [4.78, 5) is 17.9. The molecular formula is C24H29N5O. The molecule has 0 radical (unpaired) electrons. The van der Waals surface area contributed by atoms with Crippen LogP contribution in [0.5, 0.6) is 0 Å². The molecule has 1 amide bonds. The van der Waals surface area contributed by atoms with Gasteiger partial charge in [0.25, 0.3) is 0 Å². The molecule has 1 aliphatic heterocycles. The van der Waals surface area contributed by atoms with Crippen molar-refractivity contribution in [1.82, 2.24) is 20.0 Å². The van der Waals surface area contributed by atoms with Crippen molar-refractivity contribution in [1.29, 1.82) is 0 Å². The SMILES string of the molecule is CC(CNC(=O)C(c1ccccc1)n1cccn1)N1CCN(c2ccccc2)CC1. The zero-order valence-electron chi connectivity index (χ0n) is 17.4. The van der Waals surface area contributed by atoms with Gasteiger partial charge in [0.05, 0.1) is 0 Å². The van der Waals surface area contributed by atoms with Crippen LogP contribution in [0.4, 0.5) is 5.69 Å². The molecule has 2 unspecified atom stereocenters. The number of aromatic nitrogens is 2. The van der Waals surface area contributed by atoms with E-state index in [0.717, 1.165) is 31.7 Å². The van der Waals surface area contributed by atoms with Gasteiger partial charge in [-0.25, -0.2) is 0 Å². The van der Waals surface area contributed by atoms with Gasteiger partial charge in [-0.15, -0.1) is 0 Å². The molecule has 156 valence electrons. The number of nitrogens with zero attached hydrogens (tertiary/aromatic N) is 4. The van der Waals surface area contributed by atoms with E-state index in [1.165, 1.54) is 5.69 Å². The van der Waals surface area contributed by atoms with Crippen molar-refractivity contribution >= 4 is 11.6 Å². The number of nitrogens with one attached hydrogen (secondary N) is 1. The number of hydrogen-bond donors (Lipinski definition) is 1. The summed E-state index contributed by atoms with van der Waals surface area (Å²) in [5.41, 5.74) is 2.21. The largest absolute Gasteiger partial charge is 0.369 e. The molecular weight excluding hydrogens is 374 g/mol. The highest BCUT2D eigenvalue weighted by Gasteiger charge is 2.25. The molecule has 4 rings (SSSR count). The van der Waals surface area contributed by atoms with Gasteiger partial charge in [-0.2, -0.15) is 5.10 Å². The molecule has 1 aromatic heterocycles. The van der Waals surface area contributed by atoms with Crippen LogP contribution in [0.1, 0.15) is 18.5 Å². The van der Waals surface area contributed by atoms with Crippen LogP contribution in [-0.2, 0) is 4.79 Å². The molecule has 6 heteroatoms. The van der Waals surface area contributed by atoms with E-state index in [4.69, 9.17) is 0 Å². The van der Waals surface area contributed by atoms with Crippen LogP contribution in [0.3, 0.4) is 0 Å². The van der Waals surface area contributed by atoms with Gasteiger partial charge in [-0.05, 0) is 30.7 Å². The van der Waals surface area contributed by atoms with E-state index in [2.05, 4.69) is 57.5 Å². The third-order valence-corrected chi connectivity index (χ3v) is 5.78. The monoisotopic (exact) mass is 403 g/mol. The van der Waals surface area contributed by atoms with Gasteiger partial charge in [0, 0.05) is 56.8 Å². The minimum atomic E-state index is -0.455. The van der Waals surface area contributed by atoms with E-state index < -0.39 is 6.04 Å². The van der Waals surface area contributed by atoms with Gasteiger partial charge >= 0.3 is 0 Å². The lowest BCUT2D eigenvalue weighted by atomic mass is 10.1. The molecule has 3 aromatic rings. The van der Waals surface area contributed by atoms with Crippen molar-refractivity contribution < 1.29 is 4.79 Å². The van der Waals surface area contributed by atoms with E-state index in [-0.39, 0.29) is 11.9 Å². The van der Waals surface area contributed by atoms with Crippen LogP contribution in [0.15, 0.2) is 79.1 Å². The molecule has 2 heterocycles. The minimum Gasteiger partial charge on any atom is -0.369 e. The first-order valence-corrected chi connectivity index (χ1v) is 10.6. The lowest BCUT2D eigenvalue weighted by Crippen LogP contribution is -2.52. The lowest BCUT2D eigenvalue weighted by molar-refractivity contribution is -0.123. The highest BCUT2D eigenvalue weighted by Crippen LogP contribution is 2.19. The van der Waals surface area contributed by atoms with E-state index in [9.17, 15) is 4.79 Å². The van der Waals surface area contributed by atoms with Crippen LogP contribution in [0, 0.1) is 0 Å². The number of piperazine rings is 1. The highest BCUT2D eigenvalue weighted by atomic mass is 16.2. The van der Waals surface area contributed by atoms with Gasteiger partial charge in [0.1, 0.15) is 0 Å². The third kappa shape index (κ3) is 4.71. The van der Waals surface area contributed by atoms with Crippen LogP contribution in [0.25, 0.3) is 0 Å². The molecule has 6 nitrogen and oxygen atoms in total. The summed E-state index contributed by atoms with van der Waals surface area (Å²) in [6, 6.07) is 22.0. The average molecular weight is 404 g/mol. The normalized spacial score (nSPS) is 16.8. The van der Waals surface area contributed by atoms with Gasteiger partial charge in [0.15, 0.2) is 6.04 Å². The second-order valence-electron chi connectivity index (χ2n) is 7.75. The topological polar surface area (TPSA) is 53.4 Å². The molecule has 1 aliphatic rings. The van der Waals surface area contributed by atoms with Gasteiger partial charge in [0.2, 0.25) is 5.91 Å². The summed E-state index contributed by atoms with van der Waals surface area (Å²) in [5, 5.41) is 7.46. The summed E-state index contributed by atoms with van der Waals surface area (Å²) in [6.07, 6.45) is 3.54. The Balaban J connectivity index is 1.33. The Morgan fingerprint density at radius 1 is 0.967 bits per heavy atom. The molecule has 1 N–H and O–H groups in total. The summed E-state index contributed by atoms with van der Waals surface area (Å²) < 4.78 is 1.72. The van der Waals surface area contributed by atoms with Gasteiger partial charge < -0.3 is 10.2 Å². The van der Waals surface area contributed by atoms with Crippen molar-refractivity contribution in [3.05, 3.63) is 84.7 Å². The quantitative estimate of drug-likeness (QED) is 0.659. The molecule has 2 atom stereocenters. The Kier molecular flexibility index (Phi) is 6.44. The number of hydrogen-bond acceptors (Lipinski definition) is 4. The smallest absolute Gasteiger partial charge is 0.249 e. The molecule has 1 saturated heterocycles. The predicted molar refractivity (Wildman–Crippen MR) is 120 cm³/mol. The zero-order valence-corrected chi connectivity index (χ0v) is 17.4. The maximum absolute atomic E-state index is 13.1. The van der Waals surface area contributed by atoms with Crippen molar-refractivity contribution in [3.63, 3.8) is 0 Å². The summed E-state index contributed by atoms with van der Waals surface area (Å²) in [5.74, 6) is -0.0281. The first-order chi connectivity index (χ1) is 14.7. The highest BCUT2D eigenvalue weighted by molar-refractivity contribution is 5.83. The van der Waals surface area contributed by atoms with Crippen molar-refractivity contribution in [2.24, 2.45) is 0 Å². The van der Waals surface area contributed by atoms with Crippen molar-refractivity contribution in [2.75, 3.05) is 37.6 Å². The number of benzene rings is 2. The fraction of sp³-hybridized carbons (Fsp3) is 0.333. The number of para-hydroxylation sites is 1. The second kappa shape index (κ2) is 9.59. The third-order valence-electron chi connectivity index (χ3n) is 5.78. The minimum absolute atomic E-state index is 0.0281. The Bertz CT molecular complexity index is 905. The fourth-order valence-electron chi connectivity index (χ4n) is 4.03. The summed E-state index contributed by atoms with van der Waals surface area (Å²) in [6.45, 7) is 6.80.